The van der Waals surface area contributed by atoms with Crippen molar-refractivity contribution in [3.8, 4) is 5.75 Å². The number of rotatable bonds is 1. The summed E-state index contributed by atoms with van der Waals surface area (Å²) >= 11 is 5.62. The van der Waals surface area contributed by atoms with E-state index in [1.807, 2.05) is 0 Å². The van der Waals surface area contributed by atoms with Crippen LogP contribution in [0.25, 0.3) is 0 Å². The topological polar surface area (TPSA) is 52.8 Å². The van der Waals surface area contributed by atoms with E-state index in [4.69, 9.17) is 21.9 Å². The molecule has 0 amide bonds. The van der Waals surface area contributed by atoms with Crippen LogP contribution < -0.4 is 0 Å². The first-order chi connectivity index (χ1) is 5.25. The first-order valence-corrected chi connectivity index (χ1v) is 3.28. The first kappa shape index (κ1) is 7.88. The molecule has 0 spiro atoms. The maximum absolute atomic E-state index is 9.05. The van der Waals surface area contributed by atoms with E-state index in [1.165, 1.54) is 6.07 Å². The molecule has 0 radical (unpaired) electrons. The fraction of sp³-hybridized carbons (Fsp3) is 0. The zero-order valence-electron chi connectivity index (χ0n) is 5.53. The van der Waals surface area contributed by atoms with Gasteiger partial charge in [0.05, 0.1) is 11.2 Å². The molecule has 0 fully saturated rings. The molecular formula is C7H6ClNO2. The van der Waals surface area contributed by atoms with Crippen LogP contribution in [0.2, 0.25) is 5.02 Å². The van der Waals surface area contributed by atoms with Gasteiger partial charge in [-0.25, -0.2) is 0 Å². The normalized spacial score (nSPS) is 10.6. The third kappa shape index (κ3) is 1.62. The van der Waals surface area contributed by atoms with Crippen LogP contribution in [0.1, 0.15) is 5.56 Å². The molecule has 1 rings (SSSR count). The van der Waals surface area contributed by atoms with E-state index < -0.39 is 0 Å². The third-order valence-electron chi connectivity index (χ3n) is 1.21. The van der Waals surface area contributed by atoms with Crippen LogP contribution in [0, 0.1) is 0 Å². The number of halogens is 1. The highest BCUT2D eigenvalue weighted by Gasteiger charge is 2.01. The Balaban J connectivity index is 3.16. The maximum atomic E-state index is 9.05. The lowest BCUT2D eigenvalue weighted by Gasteiger charge is -1.97. The summed E-state index contributed by atoms with van der Waals surface area (Å²) in [5.74, 6) is -0.0240. The molecule has 0 saturated carbocycles. The van der Waals surface area contributed by atoms with Gasteiger partial charge in [-0.1, -0.05) is 28.9 Å². The molecule has 2 N–H and O–H groups in total. The average molecular weight is 172 g/mol. The van der Waals surface area contributed by atoms with Crippen molar-refractivity contribution in [1.82, 2.24) is 0 Å². The van der Waals surface area contributed by atoms with Crippen molar-refractivity contribution in [3.05, 3.63) is 28.8 Å². The highest BCUT2D eigenvalue weighted by Crippen LogP contribution is 2.24. The molecule has 0 aromatic heterocycles. The van der Waals surface area contributed by atoms with E-state index >= 15 is 0 Å². The lowest BCUT2D eigenvalue weighted by Crippen LogP contribution is -1.82. The van der Waals surface area contributed by atoms with Crippen molar-refractivity contribution in [1.29, 1.82) is 0 Å². The van der Waals surface area contributed by atoms with E-state index in [0.29, 0.717) is 5.56 Å². The second-order valence-electron chi connectivity index (χ2n) is 1.92. The van der Waals surface area contributed by atoms with E-state index in [-0.39, 0.29) is 10.8 Å². The van der Waals surface area contributed by atoms with Gasteiger partial charge in [0.25, 0.3) is 0 Å². The standard InChI is InChI=1S/C7H6ClNO2/c8-7-5(4-9-11)2-1-3-6(7)10/h1-4,10-11H/b9-4+. The largest absolute Gasteiger partial charge is 0.506 e. The van der Waals surface area contributed by atoms with Crippen LogP contribution in [0.15, 0.2) is 23.4 Å². The Labute approximate surface area is 68.5 Å². The lowest BCUT2D eigenvalue weighted by molar-refractivity contribution is 0.322. The molecule has 0 bridgehead atoms. The van der Waals surface area contributed by atoms with Crippen molar-refractivity contribution in [2.45, 2.75) is 0 Å². The van der Waals surface area contributed by atoms with Crippen LogP contribution >= 0.6 is 11.6 Å². The van der Waals surface area contributed by atoms with E-state index in [1.54, 1.807) is 12.1 Å². The van der Waals surface area contributed by atoms with Crippen molar-refractivity contribution in [2.75, 3.05) is 0 Å². The number of nitrogens with zero attached hydrogens (tertiary/aromatic N) is 1. The highest BCUT2D eigenvalue weighted by atomic mass is 35.5. The van der Waals surface area contributed by atoms with Crippen LogP contribution in [-0.4, -0.2) is 16.5 Å². The smallest absolute Gasteiger partial charge is 0.134 e. The van der Waals surface area contributed by atoms with Crippen LogP contribution in [-0.2, 0) is 0 Å². The molecular weight excluding hydrogens is 166 g/mol. The Kier molecular flexibility index (Phi) is 2.33. The lowest BCUT2D eigenvalue weighted by atomic mass is 10.2. The predicted molar refractivity (Wildman–Crippen MR) is 42.5 cm³/mol. The summed E-state index contributed by atoms with van der Waals surface area (Å²) < 4.78 is 0. The number of hydrogen-bond acceptors (Lipinski definition) is 3. The van der Waals surface area contributed by atoms with Gasteiger partial charge in [-0.05, 0) is 6.07 Å². The summed E-state index contributed by atoms with van der Waals surface area (Å²) in [5.41, 5.74) is 0.481. The molecule has 0 aliphatic heterocycles. The van der Waals surface area contributed by atoms with Crippen molar-refractivity contribution in [2.24, 2.45) is 5.16 Å². The van der Waals surface area contributed by atoms with Crippen molar-refractivity contribution >= 4 is 17.8 Å². The molecule has 0 aliphatic carbocycles. The number of phenols is 1. The number of oxime groups is 1. The molecule has 58 valence electrons. The minimum atomic E-state index is -0.0240. The van der Waals surface area contributed by atoms with Gasteiger partial charge < -0.3 is 10.3 Å². The van der Waals surface area contributed by atoms with Gasteiger partial charge in [-0.15, -0.1) is 0 Å². The molecule has 1 aromatic carbocycles. The SMILES string of the molecule is O/N=C/c1cccc(O)c1Cl. The molecule has 0 saturated heterocycles. The summed E-state index contributed by atoms with van der Waals surface area (Å²) in [6.45, 7) is 0. The number of hydrogen-bond donors (Lipinski definition) is 2. The van der Waals surface area contributed by atoms with E-state index in [2.05, 4.69) is 5.16 Å². The Hall–Kier alpha value is -1.22. The Morgan fingerprint density at radius 2 is 2.18 bits per heavy atom. The van der Waals surface area contributed by atoms with Crippen LogP contribution in [0.3, 0.4) is 0 Å². The fourth-order valence-corrected chi connectivity index (χ4v) is 0.874. The average Bonchev–Trinajstić information content (AvgIpc) is 1.99. The van der Waals surface area contributed by atoms with Gasteiger partial charge in [0.2, 0.25) is 0 Å². The summed E-state index contributed by atoms with van der Waals surface area (Å²) in [6, 6.07) is 4.69. The molecule has 1 aromatic rings. The van der Waals surface area contributed by atoms with E-state index in [9.17, 15) is 0 Å². The van der Waals surface area contributed by atoms with Crippen LogP contribution in [0.5, 0.6) is 5.75 Å². The molecule has 0 heterocycles. The number of phenolic OH excluding ortho intramolecular Hbond substituents is 1. The summed E-state index contributed by atoms with van der Waals surface area (Å²) in [5, 5.41) is 20.2. The quantitative estimate of drug-likeness (QED) is 0.385. The molecule has 0 aliphatic rings. The Bertz CT molecular complexity index is 286. The minimum Gasteiger partial charge on any atom is -0.506 e. The number of benzene rings is 1. The van der Waals surface area contributed by atoms with Gasteiger partial charge in [0, 0.05) is 5.56 Å². The third-order valence-corrected chi connectivity index (χ3v) is 1.62. The molecule has 11 heavy (non-hydrogen) atoms. The Morgan fingerprint density at radius 3 is 2.82 bits per heavy atom. The van der Waals surface area contributed by atoms with Gasteiger partial charge in [0.1, 0.15) is 5.75 Å². The van der Waals surface area contributed by atoms with Crippen LogP contribution in [0.4, 0.5) is 0 Å². The Morgan fingerprint density at radius 1 is 1.45 bits per heavy atom. The molecule has 0 atom stereocenters. The van der Waals surface area contributed by atoms with Gasteiger partial charge in [0.15, 0.2) is 0 Å². The van der Waals surface area contributed by atoms with E-state index in [0.717, 1.165) is 6.21 Å². The summed E-state index contributed by atoms with van der Waals surface area (Å²) in [6.07, 6.45) is 1.15. The highest BCUT2D eigenvalue weighted by molar-refractivity contribution is 6.34. The van der Waals surface area contributed by atoms with Gasteiger partial charge >= 0.3 is 0 Å². The van der Waals surface area contributed by atoms with Gasteiger partial charge in [-0.2, -0.15) is 0 Å². The fourth-order valence-electron chi connectivity index (χ4n) is 0.699. The van der Waals surface area contributed by atoms with Crippen molar-refractivity contribution in [3.63, 3.8) is 0 Å². The minimum absolute atomic E-state index is 0.0240. The summed E-state index contributed by atoms with van der Waals surface area (Å²) in [4.78, 5) is 0. The number of aromatic hydroxyl groups is 1. The van der Waals surface area contributed by atoms with Crippen molar-refractivity contribution < 1.29 is 10.3 Å². The zero-order chi connectivity index (χ0) is 8.27. The zero-order valence-corrected chi connectivity index (χ0v) is 6.28. The molecule has 4 heteroatoms. The maximum Gasteiger partial charge on any atom is 0.134 e. The predicted octanol–water partition coefficient (Wildman–Crippen LogP) is 1.85. The molecule has 3 nitrogen and oxygen atoms in total. The second-order valence-corrected chi connectivity index (χ2v) is 2.30. The monoisotopic (exact) mass is 171 g/mol. The summed E-state index contributed by atoms with van der Waals surface area (Å²) in [7, 11) is 0. The molecule has 0 unspecified atom stereocenters. The second kappa shape index (κ2) is 3.25. The van der Waals surface area contributed by atoms with Gasteiger partial charge in [-0.3, -0.25) is 0 Å². The first-order valence-electron chi connectivity index (χ1n) is 2.90.